The van der Waals surface area contributed by atoms with Gasteiger partial charge in [-0.15, -0.1) is 27.8 Å². The Kier molecular flexibility index (Phi) is 6.11. The summed E-state index contributed by atoms with van der Waals surface area (Å²) >= 11 is 11.8. The predicted molar refractivity (Wildman–Crippen MR) is 105 cm³/mol. The highest BCUT2D eigenvalue weighted by atomic mass is 79.9. The minimum absolute atomic E-state index is 0.271. The number of nitriles is 1. The summed E-state index contributed by atoms with van der Waals surface area (Å²) in [7, 11) is 0. The fourth-order valence-corrected chi connectivity index (χ4v) is 6.50. The van der Waals surface area contributed by atoms with Crippen molar-refractivity contribution in [2.75, 3.05) is 5.75 Å². The fourth-order valence-electron chi connectivity index (χ4n) is 1.90. The van der Waals surface area contributed by atoms with Crippen molar-refractivity contribution < 1.29 is 4.55 Å². The lowest BCUT2D eigenvalue weighted by Gasteiger charge is -2.34. The first-order chi connectivity index (χ1) is 10.5. The van der Waals surface area contributed by atoms with E-state index in [9.17, 15) is 9.81 Å². The molecule has 0 aromatic carbocycles. The second-order valence-corrected chi connectivity index (χ2v) is 13.1. The molecule has 1 fully saturated rings. The van der Waals surface area contributed by atoms with Crippen molar-refractivity contribution in [2.24, 2.45) is 0 Å². The minimum atomic E-state index is -1.23. The van der Waals surface area contributed by atoms with E-state index in [2.05, 4.69) is 26.7 Å². The molecule has 0 bridgehead atoms. The number of rotatable bonds is 6. The monoisotopic (exact) mass is 454 g/mol. The summed E-state index contributed by atoms with van der Waals surface area (Å²) < 4.78 is 16.2. The van der Waals surface area contributed by atoms with Crippen LogP contribution in [0.25, 0.3) is 0 Å². The quantitative estimate of drug-likeness (QED) is 0.597. The van der Waals surface area contributed by atoms with Gasteiger partial charge in [0, 0.05) is 22.0 Å². The van der Waals surface area contributed by atoms with Gasteiger partial charge < -0.3 is 4.55 Å². The second kappa shape index (κ2) is 7.06. The number of thiophene rings is 1. The fraction of sp³-hybridized carbons (Fsp3) is 0.667. The molecule has 2 rings (SSSR count). The Labute approximate surface area is 163 Å². The summed E-state index contributed by atoms with van der Waals surface area (Å²) in [5.74, 6) is 0.648. The van der Waals surface area contributed by atoms with Gasteiger partial charge in [-0.3, -0.25) is 0 Å². The first-order valence-corrected chi connectivity index (χ1v) is 11.3. The van der Waals surface area contributed by atoms with Gasteiger partial charge in [0.2, 0.25) is 0 Å². The number of halogens is 2. The molecular formula is C15H20BrClN2OS3. The molecule has 128 valence electrons. The van der Waals surface area contributed by atoms with E-state index in [1.807, 2.05) is 33.8 Å². The van der Waals surface area contributed by atoms with E-state index >= 15 is 0 Å². The highest BCUT2D eigenvalue weighted by Gasteiger charge is 2.47. The normalized spacial score (nSPS) is 20.6. The third-order valence-corrected chi connectivity index (χ3v) is 9.41. The maximum absolute atomic E-state index is 12.7. The van der Waals surface area contributed by atoms with E-state index < -0.39 is 16.9 Å². The Morgan fingerprint density at radius 1 is 1.52 bits per heavy atom. The van der Waals surface area contributed by atoms with Crippen molar-refractivity contribution in [1.82, 2.24) is 4.72 Å². The lowest BCUT2D eigenvalue weighted by atomic mass is 10.1. The van der Waals surface area contributed by atoms with E-state index in [0.717, 1.165) is 21.5 Å². The van der Waals surface area contributed by atoms with Gasteiger partial charge in [-0.1, -0.05) is 11.6 Å². The Hall–Kier alpha value is 0.580. The van der Waals surface area contributed by atoms with Gasteiger partial charge in [-0.05, 0) is 62.5 Å². The maximum Gasteiger partial charge on any atom is 0.136 e. The van der Waals surface area contributed by atoms with Gasteiger partial charge in [0.1, 0.15) is 15.0 Å². The molecule has 1 aromatic heterocycles. The van der Waals surface area contributed by atoms with Crippen LogP contribution in [0.2, 0.25) is 5.02 Å². The van der Waals surface area contributed by atoms with Crippen LogP contribution in [0.15, 0.2) is 9.85 Å². The van der Waals surface area contributed by atoms with Crippen LogP contribution in [-0.2, 0) is 16.9 Å². The molecule has 8 heteroatoms. The lowest BCUT2D eigenvalue weighted by molar-refractivity contribution is 0.469. The van der Waals surface area contributed by atoms with Crippen LogP contribution in [0.1, 0.15) is 45.4 Å². The number of hydrogen-bond acceptors (Lipinski definition) is 5. The molecule has 3 nitrogen and oxygen atoms in total. The Morgan fingerprint density at radius 3 is 2.52 bits per heavy atom. The zero-order valence-corrected chi connectivity index (χ0v) is 18.3. The standard InChI is InChI=1S/C15H20BrClN2OS3/c1-13(2,3)23(20)19-14(4,9-21-15(8-18)5-6-15)12-10(17)7-11(16)22-12/h7,19H,5-6,9H2,1-4H3/t14-,23?/m0/s1. The lowest BCUT2D eigenvalue weighted by Crippen LogP contribution is -2.51. The van der Waals surface area contributed by atoms with Crippen molar-refractivity contribution in [3.05, 3.63) is 19.8 Å². The average Bonchev–Trinajstić information content (AvgIpc) is 3.14. The van der Waals surface area contributed by atoms with Crippen LogP contribution in [0.4, 0.5) is 0 Å². The van der Waals surface area contributed by atoms with Gasteiger partial charge in [0.25, 0.3) is 0 Å². The molecule has 0 aliphatic heterocycles. The summed E-state index contributed by atoms with van der Waals surface area (Å²) in [6.45, 7) is 7.83. The molecule has 23 heavy (non-hydrogen) atoms. The summed E-state index contributed by atoms with van der Waals surface area (Å²) in [5.41, 5.74) is -0.553. The molecule has 1 aromatic rings. The van der Waals surface area contributed by atoms with Crippen LogP contribution >= 0.6 is 50.6 Å². The van der Waals surface area contributed by atoms with E-state index in [-0.39, 0.29) is 9.49 Å². The van der Waals surface area contributed by atoms with E-state index in [1.54, 1.807) is 23.1 Å². The third kappa shape index (κ3) is 4.81. The Balaban J connectivity index is 2.26. The molecule has 0 radical (unpaired) electrons. The molecule has 1 unspecified atom stereocenters. The maximum atomic E-state index is 12.7. The van der Waals surface area contributed by atoms with Crippen LogP contribution in [0.3, 0.4) is 0 Å². The van der Waals surface area contributed by atoms with Gasteiger partial charge >= 0.3 is 0 Å². The molecular weight excluding hydrogens is 436 g/mol. The summed E-state index contributed by atoms with van der Waals surface area (Å²) in [6.07, 6.45) is 1.85. The third-order valence-electron chi connectivity index (χ3n) is 3.58. The molecule has 1 aliphatic carbocycles. The van der Waals surface area contributed by atoms with E-state index in [1.165, 1.54) is 0 Å². The van der Waals surface area contributed by atoms with E-state index in [4.69, 9.17) is 11.6 Å². The van der Waals surface area contributed by atoms with Crippen molar-refractivity contribution in [1.29, 1.82) is 5.26 Å². The largest absolute Gasteiger partial charge is 0.598 e. The molecule has 0 amide bonds. The van der Waals surface area contributed by atoms with Gasteiger partial charge in [0.15, 0.2) is 0 Å². The predicted octanol–water partition coefficient (Wildman–Crippen LogP) is 5.22. The second-order valence-electron chi connectivity index (χ2n) is 6.94. The van der Waals surface area contributed by atoms with Crippen molar-refractivity contribution in [2.45, 2.75) is 55.6 Å². The highest BCUT2D eigenvalue weighted by Crippen LogP contribution is 2.51. The minimum Gasteiger partial charge on any atom is -0.598 e. The molecule has 1 aliphatic rings. The van der Waals surface area contributed by atoms with Crippen LogP contribution in [0, 0.1) is 11.3 Å². The number of hydrogen-bond donors (Lipinski definition) is 1. The average molecular weight is 456 g/mol. The highest BCUT2D eigenvalue weighted by molar-refractivity contribution is 9.11. The Morgan fingerprint density at radius 2 is 2.13 bits per heavy atom. The number of nitrogens with one attached hydrogen (secondary N) is 1. The summed E-state index contributed by atoms with van der Waals surface area (Å²) in [5, 5.41) is 9.97. The summed E-state index contributed by atoms with van der Waals surface area (Å²) in [4.78, 5) is 0.949. The first-order valence-electron chi connectivity index (χ1n) is 7.22. The van der Waals surface area contributed by atoms with Crippen molar-refractivity contribution >= 4 is 62.0 Å². The Bertz CT molecular complexity index is 621. The molecule has 2 atom stereocenters. The van der Waals surface area contributed by atoms with Gasteiger partial charge in [-0.2, -0.15) is 5.26 Å². The zero-order chi connectivity index (χ0) is 17.5. The topological polar surface area (TPSA) is 58.9 Å². The molecule has 0 saturated heterocycles. The van der Waals surface area contributed by atoms with Crippen LogP contribution in [0.5, 0.6) is 0 Å². The number of thioether (sulfide) groups is 1. The van der Waals surface area contributed by atoms with Crippen molar-refractivity contribution in [3.63, 3.8) is 0 Å². The smallest absolute Gasteiger partial charge is 0.136 e. The SMILES string of the molecule is CC(C)(C)[S+]([O-])N[C@@](C)(CSC1(C#N)CC1)c1sc(Br)cc1Cl. The van der Waals surface area contributed by atoms with E-state index in [0.29, 0.717) is 10.8 Å². The first kappa shape index (κ1) is 19.9. The van der Waals surface area contributed by atoms with Gasteiger partial charge in [-0.25, -0.2) is 0 Å². The van der Waals surface area contributed by atoms with Crippen molar-refractivity contribution in [3.8, 4) is 6.07 Å². The van der Waals surface area contributed by atoms with Crippen LogP contribution in [-0.4, -0.2) is 19.8 Å². The zero-order valence-electron chi connectivity index (χ0n) is 13.5. The van der Waals surface area contributed by atoms with Gasteiger partial charge in [0.05, 0.1) is 14.9 Å². The molecule has 1 N–H and O–H groups in total. The molecule has 1 heterocycles. The summed E-state index contributed by atoms with van der Waals surface area (Å²) in [6, 6.07) is 4.26. The molecule has 1 saturated carbocycles. The van der Waals surface area contributed by atoms with Crippen LogP contribution < -0.4 is 4.72 Å². The number of nitrogens with zero attached hydrogens (tertiary/aromatic N) is 1. The molecule has 0 spiro atoms.